The Balaban J connectivity index is 1.28. The molecule has 1 aliphatic heterocycles. The van der Waals surface area contributed by atoms with Gasteiger partial charge in [-0.05, 0) is 48.6 Å². The Morgan fingerprint density at radius 1 is 1.20 bits per heavy atom. The molecular formula is C24H23Cl2N7O2. The molecule has 4 aromatic rings. The molecule has 4 heterocycles. The van der Waals surface area contributed by atoms with Crippen LogP contribution in [0.25, 0.3) is 11.0 Å². The number of fused-ring (bicyclic) bond motifs is 1. The molecule has 1 aromatic carbocycles. The number of benzene rings is 1. The van der Waals surface area contributed by atoms with Gasteiger partial charge >= 0.3 is 0 Å². The summed E-state index contributed by atoms with van der Waals surface area (Å²) in [6.45, 7) is 2.26. The van der Waals surface area contributed by atoms with Gasteiger partial charge in [0.25, 0.3) is 11.5 Å². The number of aromatic amines is 1. The monoisotopic (exact) mass is 511 g/mol. The van der Waals surface area contributed by atoms with Crippen molar-refractivity contribution >= 4 is 46.1 Å². The first kappa shape index (κ1) is 23.3. The number of halogens is 2. The fourth-order valence-electron chi connectivity index (χ4n) is 4.38. The summed E-state index contributed by atoms with van der Waals surface area (Å²) in [5.41, 5.74) is 2.13. The van der Waals surface area contributed by atoms with Gasteiger partial charge in [0.05, 0.1) is 21.8 Å². The number of nitrogens with zero attached hydrogens (tertiary/aromatic N) is 5. The van der Waals surface area contributed by atoms with Crippen molar-refractivity contribution in [3.8, 4) is 0 Å². The molecule has 0 aliphatic carbocycles. The van der Waals surface area contributed by atoms with Crippen LogP contribution in [0.3, 0.4) is 0 Å². The predicted molar refractivity (Wildman–Crippen MR) is 135 cm³/mol. The molecule has 2 N–H and O–H groups in total. The van der Waals surface area contributed by atoms with Gasteiger partial charge in [0, 0.05) is 38.6 Å². The van der Waals surface area contributed by atoms with E-state index < -0.39 is 0 Å². The number of anilines is 1. The smallest absolute Gasteiger partial charge is 0.278 e. The number of hydrogen-bond donors (Lipinski definition) is 2. The molecule has 180 valence electrons. The Bertz CT molecular complexity index is 1420. The van der Waals surface area contributed by atoms with E-state index in [0.717, 1.165) is 18.4 Å². The van der Waals surface area contributed by atoms with Crippen molar-refractivity contribution in [2.24, 2.45) is 5.92 Å². The number of H-pyrrole nitrogens is 1. The molecular weight excluding hydrogens is 489 g/mol. The van der Waals surface area contributed by atoms with E-state index in [1.54, 1.807) is 47.5 Å². The zero-order chi connectivity index (χ0) is 24.4. The Morgan fingerprint density at radius 2 is 2.09 bits per heavy atom. The third-order valence-corrected chi connectivity index (χ3v) is 6.83. The van der Waals surface area contributed by atoms with Crippen LogP contribution in [-0.4, -0.2) is 48.6 Å². The summed E-state index contributed by atoms with van der Waals surface area (Å²) >= 11 is 12.0. The number of hydrogen-bond acceptors (Lipinski definition) is 6. The van der Waals surface area contributed by atoms with Crippen LogP contribution in [0.15, 0.2) is 53.7 Å². The third kappa shape index (κ3) is 5.16. The van der Waals surface area contributed by atoms with Crippen molar-refractivity contribution in [3.63, 3.8) is 0 Å². The molecule has 5 rings (SSSR count). The van der Waals surface area contributed by atoms with Crippen molar-refractivity contribution < 1.29 is 4.79 Å². The lowest BCUT2D eigenvalue weighted by Gasteiger charge is -2.32. The van der Waals surface area contributed by atoms with Gasteiger partial charge in [-0.25, -0.2) is 4.98 Å². The maximum atomic E-state index is 12.9. The average Bonchev–Trinajstić information content (AvgIpc) is 3.28. The topological polar surface area (TPSA) is 109 Å². The first-order chi connectivity index (χ1) is 17.0. The standard InChI is InChI=1S/C24H23Cl2N7O2/c25-18-6-5-15(9-19(18)26)10-28-24-30-20-12-29-33(21(20)22(34)31-24)14-16-3-2-8-32(13-16)23(35)17-4-1-7-27-11-17/h1,4-7,9,11-12,16H,2-3,8,10,13-14H2,(H2,28,30,31,34). The minimum Gasteiger partial charge on any atom is -0.352 e. The highest BCUT2D eigenvalue weighted by atomic mass is 35.5. The van der Waals surface area contributed by atoms with Gasteiger partial charge in [-0.2, -0.15) is 5.10 Å². The SMILES string of the molecule is O=C(c1cccnc1)N1CCCC(Cn2ncc3nc(NCc4ccc(Cl)c(Cl)c4)[nH]c(=O)c32)C1. The summed E-state index contributed by atoms with van der Waals surface area (Å²) < 4.78 is 1.69. The summed E-state index contributed by atoms with van der Waals surface area (Å²) in [5.74, 6) is 0.503. The van der Waals surface area contributed by atoms with Crippen molar-refractivity contribution in [2.75, 3.05) is 18.4 Å². The van der Waals surface area contributed by atoms with E-state index >= 15 is 0 Å². The number of piperidine rings is 1. The quantitative estimate of drug-likeness (QED) is 0.405. The molecule has 1 fully saturated rings. The average molecular weight is 512 g/mol. The van der Waals surface area contributed by atoms with Gasteiger partial charge in [0.1, 0.15) is 5.52 Å². The molecule has 0 saturated carbocycles. The minimum atomic E-state index is -0.275. The minimum absolute atomic E-state index is 0.0228. The number of pyridine rings is 1. The lowest BCUT2D eigenvalue weighted by molar-refractivity contribution is 0.0660. The van der Waals surface area contributed by atoms with E-state index in [2.05, 4.69) is 25.4 Å². The van der Waals surface area contributed by atoms with E-state index in [-0.39, 0.29) is 17.4 Å². The molecule has 35 heavy (non-hydrogen) atoms. The zero-order valence-corrected chi connectivity index (χ0v) is 20.3. The Kier molecular flexibility index (Phi) is 6.70. The zero-order valence-electron chi connectivity index (χ0n) is 18.7. The summed E-state index contributed by atoms with van der Waals surface area (Å²) in [7, 11) is 0. The summed E-state index contributed by atoms with van der Waals surface area (Å²) in [6.07, 6.45) is 6.68. The highest BCUT2D eigenvalue weighted by Gasteiger charge is 2.26. The fraction of sp³-hybridized carbons (Fsp3) is 0.292. The van der Waals surface area contributed by atoms with Crippen molar-refractivity contribution in [1.29, 1.82) is 0 Å². The van der Waals surface area contributed by atoms with E-state index in [0.29, 0.717) is 58.8 Å². The molecule has 11 heteroatoms. The van der Waals surface area contributed by atoms with Gasteiger partial charge in [-0.3, -0.25) is 24.2 Å². The molecule has 1 unspecified atom stereocenters. The molecule has 0 radical (unpaired) electrons. The third-order valence-electron chi connectivity index (χ3n) is 6.09. The second kappa shape index (κ2) is 10.1. The molecule has 1 aliphatic rings. The van der Waals surface area contributed by atoms with E-state index in [9.17, 15) is 9.59 Å². The van der Waals surface area contributed by atoms with Gasteiger partial charge in [0.2, 0.25) is 5.95 Å². The summed E-state index contributed by atoms with van der Waals surface area (Å²) in [6, 6.07) is 8.87. The van der Waals surface area contributed by atoms with Crippen molar-refractivity contribution in [2.45, 2.75) is 25.9 Å². The first-order valence-electron chi connectivity index (χ1n) is 11.3. The number of likely N-dealkylation sites (tertiary alicyclic amines) is 1. The maximum Gasteiger partial charge on any atom is 0.278 e. The van der Waals surface area contributed by atoms with E-state index in [4.69, 9.17) is 23.2 Å². The van der Waals surface area contributed by atoms with Crippen LogP contribution >= 0.6 is 23.2 Å². The molecule has 1 saturated heterocycles. The number of amides is 1. The first-order valence-corrected chi connectivity index (χ1v) is 12.1. The maximum absolute atomic E-state index is 12.9. The van der Waals surface area contributed by atoms with Crippen LogP contribution in [0.5, 0.6) is 0 Å². The largest absolute Gasteiger partial charge is 0.352 e. The number of carbonyl (C=O) groups excluding carboxylic acids is 1. The lowest BCUT2D eigenvalue weighted by atomic mass is 9.97. The predicted octanol–water partition coefficient (Wildman–Crippen LogP) is 3.99. The normalized spacial score (nSPS) is 15.9. The van der Waals surface area contributed by atoms with Gasteiger partial charge in [-0.1, -0.05) is 29.3 Å². The van der Waals surface area contributed by atoms with Crippen LogP contribution in [-0.2, 0) is 13.1 Å². The fourth-order valence-corrected chi connectivity index (χ4v) is 4.70. The van der Waals surface area contributed by atoms with E-state index in [1.165, 1.54) is 0 Å². The van der Waals surface area contributed by atoms with Crippen LogP contribution in [0.1, 0.15) is 28.8 Å². The molecule has 3 aromatic heterocycles. The summed E-state index contributed by atoms with van der Waals surface area (Å²) in [4.78, 5) is 38.9. The molecule has 1 amide bonds. The van der Waals surface area contributed by atoms with Crippen LogP contribution in [0.2, 0.25) is 10.0 Å². The highest BCUT2D eigenvalue weighted by Crippen LogP contribution is 2.23. The van der Waals surface area contributed by atoms with Crippen LogP contribution < -0.4 is 10.9 Å². The highest BCUT2D eigenvalue weighted by molar-refractivity contribution is 6.42. The number of rotatable bonds is 6. The van der Waals surface area contributed by atoms with Gasteiger partial charge in [0.15, 0.2) is 5.52 Å². The second-order valence-corrected chi connectivity index (χ2v) is 9.39. The molecule has 1 atom stereocenters. The molecule has 9 nitrogen and oxygen atoms in total. The number of carbonyl (C=O) groups is 1. The second-order valence-electron chi connectivity index (χ2n) is 8.58. The molecule has 0 bridgehead atoms. The van der Waals surface area contributed by atoms with Gasteiger partial charge < -0.3 is 10.2 Å². The Labute approximate surface area is 211 Å². The van der Waals surface area contributed by atoms with E-state index in [1.807, 2.05) is 11.0 Å². The van der Waals surface area contributed by atoms with Crippen LogP contribution in [0.4, 0.5) is 5.95 Å². The Morgan fingerprint density at radius 3 is 2.89 bits per heavy atom. The molecule has 0 spiro atoms. The van der Waals surface area contributed by atoms with Crippen molar-refractivity contribution in [3.05, 3.63) is 80.4 Å². The number of nitrogens with one attached hydrogen (secondary N) is 2. The Hall–Kier alpha value is -3.43. The lowest BCUT2D eigenvalue weighted by Crippen LogP contribution is -2.41. The number of aromatic nitrogens is 5. The van der Waals surface area contributed by atoms with Crippen molar-refractivity contribution in [1.82, 2.24) is 29.6 Å². The van der Waals surface area contributed by atoms with Gasteiger partial charge in [-0.15, -0.1) is 0 Å². The summed E-state index contributed by atoms with van der Waals surface area (Å²) in [5, 5.41) is 8.48. The van der Waals surface area contributed by atoms with Crippen LogP contribution in [0, 0.1) is 5.92 Å².